The predicted molar refractivity (Wildman–Crippen MR) is 147 cm³/mol. The Morgan fingerprint density at radius 2 is 1.59 bits per heavy atom. The van der Waals surface area contributed by atoms with E-state index in [1.807, 2.05) is 30.3 Å². The molecule has 1 atom stereocenters. The molecule has 3 aromatic rings. The van der Waals surface area contributed by atoms with Crippen LogP contribution < -0.4 is 15.5 Å². The van der Waals surface area contributed by atoms with E-state index < -0.39 is 0 Å². The molecular weight excluding hydrogens is 462 g/mol. The number of nitrogens with one attached hydrogen (secondary N) is 2. The summed E-state index contributed by atoms with van der Waals surface area (Å²) >= 11 is 0. The first-order chi connectivity index (χ1) is 18.2. The van der Waals surface area contributed by atoms with E-state index in [1.54, 1.807) is 18.2 Å². The number of rotatable bonds is 8. The van der Waals surface area contributed by atoms with Gasteiger partial charge in [0.05, 0.1) is 11.7 Å². The molecule has 2 aliphatic rings. The topological polar surface area (TPSA) is 70.7 Å². The molecule has 2 heterocycles. The van der Waals surface area contributed by atoms with Gasteiger partial charge in [0.25, 0.3) is 11.8 Å². The Morgan fingerprint density at radius 3 is 2.30 bits per heavy atom. The second kappa shape index (κ2) is 12.1. The standard InChI is InChI=1S/C31H35N3O3/c35-30(25-10-5-2-6-11-25)33-26-13-14-29(28(21-26)31(36)32-22-27-12-7-19-37-27)34-17-15-24(16-18-34)20-23-8-3-1-4-9-23/h1-6,8-11,13-14,21,24,27H,7,12,15-20,22H2,(H,32,36)(H,33,35). The molecule has 0 spiro atoms. The molecule has 5 rings (SSSR count). The van der Waals surface area contributed by atoms with E-state index in [4.69, 9.17) is 4.74 Å². The zero-order chi connectivity index (χ0) is 25.5. The normalized spacial score (nSPS) is 17.9. The van der Waals surface area contributed by atoms with Crippen LogP contribution in [0.2, 0.25) is 0 Å². The third kappa shape index (κ3) is 6.57. The van der Waals surface area contributed by atoms with Gasteiger partial charge in [-0.25, -0.2) is 0 Å². The Labute approximate surface area is 219 Å². The van der Waals surface area contributed by atoms with Gasteiger partial charge in [-0.2, -0.15) is 0 Å². The molecule has 2 fully saturated rings. The van der Waals surface area contributed by atoms with Gasteiger partial charge in [0.1, 0.15) is 0 Å². The lowest BCUT2D eigenvalue weighted by molar-refractivity contribution is 0.0858. The number of carbonyl (C=O) groups is 2. The molecule has 0 saturated carbocycles. The first kappa shape index (κ1) is 25.0. The first-order valence-electron chi connectivity index (χ1n) is 13.3. The van der Waals surface area contributed by atoms with Crippen LogP contribution in [-0.4, -0.2) is 44.2 Å². The second-order valence-electron chi connectivity index (χ2n) is 10.0. The summed E-state index contributed by atoms with van der Waals surface area (Å²) in [6.07, 6.45) is 5.33. The zero-order valence-electron chi connectivity index (χ0n) is 21.2. The number of anilines is 2. The Bertz CT molecular complexity index is 1180. The van der Waals surface area contributed by atoms with Crippen LogP contribution in [0.3, 0.4) is 0 Å². The molecule has 192 valence electrons. The van der Waals surface area contributed by atoms with Gasteiger partial charge in [0.2, 0.25) is 0 Å². The van der Waals surface area contributed by atoms with Crippen LogP contribution >= 0.6 is 0 Å². The van der Waals surface area contributed by atoms with Crippen LogP contribution in [0.15, 0.2) is 78.9 Å². The van der Waals surface area contributed by atoms with Crippen molar-refractivity contribution in [1.29, 1.82) is 0 Å². The van der Waals surface area contributed by atoms with Crippen LogP contribution in [0.4, 0.5) is 11.4 Å². The Hall–Kier alpha value is -3.64. The lowest BCUT2D eigenvalue weighted by atomic mass is 9.89. The van der Waals surface area contributed by atoms with Gasteiger partial charge in [-0.1, -0.05) is 48.5 Å². The summed E-state index contributed by atoms with van der Waals surface area (Å²) in [5.41, 5.74) is 4.08. The average Bonchev–Trinajstić information content (AvgIpc) is 3.47. The third-order valence-corrected chi connectivity index (χ3v) is 7.37. The van der Waals surface area contributed by atoms with Gasteiger partial charge in [-0.15, -0.1) is 0 Å². The quantitative estimate of drug-likeness (QED) is 0.443. The van der Waals surface area contributed by atoms with E-state index in [-0.39, 0.29) is 17.9 Å². The van der Waals surface area contributed by atoms with Crippen LogP contribution in [0.5, 0.6) is 0 Å². The van der Waals surface area contributed by atoms with Crippen molar-refractivity contribution in [3.8, 4) is 0 Å². The number of hydrogen-bond acceptors (Lipinski definition) is 4. The van der Waals surface area contributed by atoms with E-state index >= 15 is 0 Å². The summed E-state index contributed by atoms with van der Waals surface area (Å²) in [6.45, 7) is 3.06. The summed E-state index contributed by atoms with van der Waals surface area (Å²) in [7, 11) is 0. The van der Waals surface area contributed by atoms with E-state index in [0.717, 1.165) is 57.5 Å². The summed E-state index contributed by atoms with van der Waals surface area (Å²) in [6, 6.07) is 25.4. The lowest BCUT2D eigenvalue weighted by Gasteiger charge is -2.35. The number of ether oxygens (including phenoxy) is 1. The molecule has 1 unspecified atom stereocenters. The highest BCUT2D eigenvalue weighted by atomic mass is 16.5. The maximum absolute atomic E-state index is 13.4. The van der Waals surface area contributed by atoms with Crippen molar-refractivity contribution in [2.24, 2.45) is 5.92 Å². The van der Waals surface area contributed by atoms with Crippen LogP contribution in [0.1, 0.15) is 52.0 Å². The molecule has 3 aromatic carbocycles. The largest absolute Gasteiger partial charge is 0.376 e. The minimum Gasteiger partial charge on any atom is -0.376 e. The summed E-state index contributed by atoms with van der Waals surface area (Å²) in [5.74, 6) is 0.313. The molecule has 0 radical (unpaired) electrons. The average molecular weight is 498 g/mol. The van der Waals surface area contributed by atoms with Crippen molar-refractivity contribution < 1.29 is 14.3 Å². The SMILES string of the molecule is O=C(Nc1ccc(N2CCC(Cc3ccccc3)CC2)c(C(=O)NCC2CCCO2)c1)c1ccccc1. The molecule has 6 nitrogen and oxygen atoms in total. The first-order valence-corrected chi connectivity index (χ1v) is 13.3. The fourth-order valence-electron chi connectivity index (χ4n) is 5.30. The van der Waals surface area contributed by atoms with Gasteiger partial charge >= 0.3 is 0 Å². The minimum absolute atomic E-state index is 0.0714. The van der Waals surface area contributed by atoms with Gasteiger partial charge < -0.3 is 20.3 Å². The molecule has 2 N–H and O–H groups in total. The fourth-order valence-corrected chi connectivity index (χ4v) is 5.30. The third-order valence-electron chi connectivity index (χ3n) is 7.37. The maximum Gasteiger partial charge on any atom is 0.255 e. The van der Waals surface area contributed by atoms with Gasteiger partial charge in [0.15, 0.2) is 0 Å². The van der Waals surface area contributed by atoms with Crippen molar-refractivity contribution >= 4 is 23.2 Å². The molecule has 0 aliphatic carbocycles. The number of benzene rings is 3. The lowest BCUT2D eigenvalue weighted by Crippen LogP contribution is -2.37. The summed E-state index contributed by atoms with van der Waals surface area (Å²) in [5, 5.41) is 6.02. The highest BCUT2D eigenvalue weighted by molar-refractivity contribution is 6.06. The summed E-state index contributed by atoms with van der Waals surface area (Å²) < 4.78 is 5.69. The van der Waals surface area contributed by atoms with Gasteiger partial charge in [-0.3, -0.25) is 9.59 Å². The molecule has 2 amide bonds. The zero-order valence-corrected chi connectivity index (χ0v) is 21.2. The highest BCUT2D eigenvalue weighted by Gasteiger charge is 2.25. The number of nitrogens with zero attached hydrogens (tertiary/aromatic N) is 1. The van der Waals surface area contributed by atoms with Crippen molar-refractivity contribution in [2.45, 2.75) is 38.2 Å². The number of piperidine rings is 1. The molecule has 37 heavy (non-hydrogen) atoms. The van der Waals surface area contributed by atoms with Crippen molar-refractivity contribution in [3.63, 3.8) is 0 Å². The second-order valence-corrected chi connectivity index (χ2v) is 10.0. The maximum atomic E-state index is 13.4. The van der Waals surface area contributed by atoms with E-state index in [9.17, 15) is 9.59 Å². The van der Waals surface area contributed by atoms with E-state index in [1.165, 1.54) is 5.56 Å². The summed E-state index contributed by atoms with van der Waals surface area (Å²) in [4.78, 5) is 28.4. The van der Waals surface area contributed by atoms with Crippen molar-refractivity contribution in [1.82, 2.24) is 5.32 Å². The monoisotopic (exact) mass is 497 g/mol. The Kier molecular flexibility index (Phi) is 8.16. The molecule has 2 aliphatic heterocycles. The number of amides is 2. The van der Waals surface area contributed by atoms with Crippen LogP contribution in [0, 0.1) is 5.92 Å². The van der Waals surface area contributed by atoms with Crippen molar-refractivity contribution in [3.05, 3.63) is 95.6 Å². The molecule has 0 aromatic heterocycles. The van der Waals surface area contributed by atoms with Gasteiger partial charge in [-0.05, 0) is 73.9 Å². The van der Waals surface area contributed by atoms with E-state index in [0.29, 0.717) is 29.3 Å². The Morgan fingerprint density at radius 1 is 0.865 bits per heavy atom. The molecule has 6 heteroatoms. The highest BCUT2D eigenvalue weighted by Crippen LogP contribution is 2.30. The van der Waals surface area contributed by atoms with Crippen molar-refractivity contribution in [2.75, 3.05) is 36.5 Å². The Balaban J connectivity index is 1.30. The predicted octanol–water partition coefficient (Wildman–Crippen LogP) is 5.31. The molecule has 2 saturated heterocycles. The minimum atomic E-state index is -0.194. The molecular formula is C31H35N3O3. The fraction of sp³-hybridized carbons (Fsp3) is 0.355. The molecule has 0 bridgehead atoms. The number of hydrogen-bond donors (Lipinski definition) is 2. The van der Waals surface area contributed by atoms with E-state index in [2.05, 4.69) is 45.9 Å². The van der Waals surface area contributed by atoms with Gasteiger partial charge in [0, 0.05) is 43.2 Å². The smallest absolute Gasteiger partial charge is 0.255 e. The van der Waals surface area contributed by atoms with Crippen LogP contribution in [-0.2, 0) is 11.2 Å². The van der Waals surface area contributed by atoms with Crippen LogP contribution in [0.25, 0.3) is 0 Å². The number of carbonyl (C=O) groups excluding carboxylic acids is 2.